The molecule has 0 bridgehead atoms. The summed E-state index contributed by atoms with van der Waals surface area (Å²) in [5.41, 5.74) is 13.8. The Balaban J connectivity index is 2.56. The first kappa shape index (κ1) is 12.7. The lowest BCUT2D eigenvalue weighted by Gasteiger charge is -2.19. The zero-order valence-corrected chi connectivity index (χ0v) is 10.5. The molecular formula is C13H23N3. The summed E-state index contributed by atoms with van der Waals surface area (Å²) >= 11 is 0. The molecule has 0 aliphatic carbocycles. The number of hydrogen-bond donors (Lipinski definition) is 3. The minimum absolute atomic E-state index is 0.456. The fraction of sp³-hybridized carbons (Fsp3) is 0.538. The molecule has 0 aromatic heterocycles. The van der Waals surface area contributed by atoms with Crippen LogP contribution in [0.5, 0.6) is 0 Å². The van der Waals surface area contributed by atoms with Gasteiger partial charge < -0.3 is 16.8 Å². The summed E-state index contributed by atoms with van der Waals surface area (Å²) in [4.78, 5) is 0. The van der Waals surface area contributed by atoms with E-state index in [1.807, 2.05) is 18.2 Å². The highest BCUT2D eigenvalue weighted by molar-refractivity contribution is 5.69. The van der Waals surface area contributed by atoms with Crippen LogP contribution in [0.15, 0.2) is 18.2 Å². The van der Waals surface area contributed by atoms with Gasteiger partial charge in [0.05, 0.1) is 11.4 Å². The van der Waals surface area contributed by atoms with Crippen molar-refractivity contribution >= 4 is 17.1 Å². The molecule has 0 amide bonds. The summed E-state index contributed by atoms with van der Waals surface area (Å²) in [6.07, 6.45) is 2.39. The van der Waals surface area contributed by atoms with Gasteiger partial charge in [0.1, 0.15) is 0 Å². The summed E-state index contributed by atoms with van der Waals surface area (Å²) < 4.78 is 0. The molecular weight excluding hydrogens is 198 g/mol. The van der Waals surface area contributed by atoms with Gasteiger partial charge in [-0.2, -0.15) is 0 Å². The lowest BCUT2D eigenvalue weighted by atomic mass is 10.0. The number of rotatable bonds is 5. The zero-order valence-electron chi connectivity index (χ0n) is 10.5. The molecule has 0 heterocycles. The van der Waals surface area contributed by atoms with Gasteiger partial charge >= 0.3 is 0 Å². The van der Waals surface area contributed by atoms with Gasteiger partial charge in [-0.25, -0.2) is 0 Å². The van der Waals surface area contributed by atoms with E-state index in [0.29, 0.717) is 17.4 Å². The number of nitrogen functional groups attached to an aromatic ring is 2. The van der Waals surface area contributed by atoms with Gasteiger partial charge in [-0.3, -0.25) is 0 Å². The molecule has 16 heavy (non-hydrogen) atoms. The number of nitrogens with one attached hydrogen (secondary N) is 1. The summed E-state index contributed by atoms with van der Waals surface area (Å²) in [6, 6.07) is 6.16. The van der Waals surface area contributed by atoms with Gasteiger partial charge in [-0.05, 0) is 37.5 Å². The first-order chi connectivity index (χ1) is 7.52. The van der Waals surface area contributed by atoms with Crippen LogP contribution in [0.3, 0.4) is 0 Å². The maximum Gasteiger partial charge on any atom is 0.0568 e. The fourth-order valence-electron chi connectivity index (χ4n) is 1.78. The van der Waals surface area contributed by atoms with Crippen LogP contribution in [0, 0.1) is 5.92 Å². The molecule has 0 spiro atoms. The average Bonchev–Trinajstić information content (AvgIpc) is 2.23. The van der Waals surface area contributed by atoms with Crippen LogP contribution in [0.2, 0.25) is 0 Å². The maximum atomic E-state index is 5.76. The Bertz CT molecular complexity index is 336. The van der Waals surface area contributed by atoms with Crippen LogP contribution in [-0.4, -0.2) is 6.04 Å². The van der Waals surface area contributed by atoms with Gasteiger partial charge in [0.15, 0.2) is 0 Å². The molecule has 0 radical (unpaired) electrons. The van der Waals surface area contributed by atoms with Crippen molar-refractivity contribution in [3.8, 4) is 0 Å². The van der Waals surface area contributed by atoms with Crippen LogP contribution in [0.4, 0.5) is 17.1 Å². The van der Waals surface area contributed by atoms with Gasteiger partial charge in [-0.15, -0.1) is 0 Å². The Labute approximate surface area is 98.2 Å². The molecule has 0 saturated heterocycles. The summed E-state index contributed by atoms with van der Waals surface area (Å²) in [5, 5.41) is 3.44. The van der Waals surface area contributed by atoms with E-state index in [1.54, 1.807) is 0 Å². The highest BCUT2D eigenvalue weighted by Crippen LogP contribution is 2.21. The van der Waals surface area contributed by atoms with Crippen molar-refractivity contribution in [1.82, 2.24) is 0 Å². The van der Waals surface area contributed by atoms with Crippen molar-refractivity contribution in [3.63, 3.8) is 0 Å². The van der Waals surface area contributed by atoms with Crippen LogP contribution in [0.1, 0.15) is 33.6 Å². The molecule has 3 nitrogen and oxygen atoms in total. The molecule has 3 heteroatoms. The van der Waals surface area contributed by atoms with E-state index in [9.17, 15) is 0 Å². The van der Waals surface area contributed by atoms with Gasteiger partial charge in [-0.1, -0.05) is 20.3 Å². The van der Waals surface area contributed by atoms with E-state index in [0.717, 1.165) is 11.6 Å². The van der Waals surface area contributed by atoms with Crippen LogP contribution in [-0.2, 0) is 0 Å². The Morgan fingerprint density at radius 1 is 1.19 bits per heavy atom. The van der Waals surface area contributed by atoms with Gasteiger partial charge in [0.25, 0.3) is 0 Å². The quantitative estimate of drug-likeness (QED) is 0.669. The third-order valence-electron chi connectivity index (χ3n) is 2.95. The lowest BCUT2D eigenvalue weighted by molar-refractivity contribution is 0.484. The third-order valence-corrected chi connectivity index (χ3v) is 2.95. The van der Waals surface area contributed by atoms with Gasteiger partial charge in [0.2, 0.25) is 0 Å². The van der Waals surface area contributed by atoms with Crippen molar-refractivity contribution in [2.45, 2.75) is 39.7 Å². The molecule has 90 valence electrons. The molecule has 1 rings (SSSR count). The topological polar surface area (TPSA) is 64.1 Å². The van der Waals surface area contributed by atoms with Crippen molar-refractivity contribution in [2.24, 2.45) is 5.92 Å². The number of benzene rings is 1. The Morgan fingerprint density at radius 2 is 1.88 bits per heavy atom. The first-order valence-electron chi connectivity index (χ1n) is 5.94. The van der Waals surface area contributed by atoms with E-state index >= 15 is 0 Å². The summed E-state index contributed by atoms with van der Waals surface area (Å²) in [6.45, 7) is 6.69. The molecule has 1 aromatic rings. The predicted molar refractivity (Wildman–Crippen MR) is 72.4 cm³/mol. The maximum absolute atomic E-state index is 5.76. The van der Waals surface area contributed by atoms with E-state index in [-0.39, 0.29) is 0 Å². The standard InChI is InChI=1S/C13H23N3/c1-4-9(2)7-10(3)16-11-5-6-12(14)13(15)8-11/h5-6,8-10,16H,4,7,14-15H2,1-3H3. The van der Waals surface area contributed by atoms with Crippen molar-refractivity contribution < 1.29 is 0 Å². The highest BCUT2D eigenvalue weighted by Gasteiger charge is 2.07. The second kappa shape index (κ2) is 5.64. The number of hydrogen-bond acceptors (Lipinski definition) is 3. The highest BCUT2D eigenvalue weighted by atomic mass is 14.9. The van der Waals surface area contributed by atoms with Crippen molar-refractivity contribution in [3.05, 3.63) is 18.2 Å². The average molecular weight is 221 g/mol. The van der Waals surface area contributed by atoms with Crippen molar-refractivity contribution in [2.75, 3.05) is 16.8 Å². The molecule has 0 aliphatic heterocycles. The minimum Gasteiger partial charge on any atom is -0.397 e. The minimum atomic E-state index is 0.456. The van der Waals surface area contributed by atoms with E-state index in [1.165, 1.54) is 12.8 Å². The predicted octanol–water partition coefficient (Wildman–Crippen LogP) is 3.09. The second-order valence-electron chi connectivity index (χ2n) is 4.64. The first-order valence-corrected chi connectivity index (χ1v) is 5.94. The number of nitrogens with two attached hydrogens (primary N) is 2. The van der Waals surface area contributed by atoms with Crippen molar-refractivity contribution in [1.29, 1.82) is 0 Å². The van der Waals surface area contributed by atoms with E-state index in [2.05, 4.69) is 26.1 Å². The van der Waals surface area contributed by atoms with Gasteiger partial charge in [0, 0.05) is 11.7 Å². The Kier molecular flexibility index (Phi) is 4.47. The normalized spacial score (nSPS) is 14.4. The fourth-order valence-corrected chi connectivity index (χ4v) is 1.78. The zero-order chi connectivity index (χ0) is 12.1. The Morgan fingerprint density at radius 3 is 2.44 bits per heavy atom. The summed E-state index contributed by atoms with van der Waals surface area (Å²) in [5.74, 6) is 0.744. The molecule has 2 atom stereocenters. The lowest BCUT2D eigenvalue weighted by Crippen LogP contribution is -2.18. The molecule has 0 saturated carbocycles. The number of anilines is 3. The SMILES string of the molecule is CCC(C)CC(C)Nc1ccc(N)c(N)c1. The second-order valence-corrected chi connectivity index (χ2v) is 4.64. The summed E-state index contributed by atoms with van der Waals surface area (Å²) in [7, 11) is 0. The Hall–Kier alpha value is -1.38. The molecule has 5 N–H and O–H groups in total. The molecule has 2 unspecified atom stereocenters. The molecule has 1 aromatic carbocycles. The van der Waals surface area contributed by atoms with Crippen LogP contribution in [0.25, 0.3) is 0 Å². The smallest absolute Gasteiger partial charge is 0.0568 e. The van der Waals surface area contributed by atoms with Crippen LogP contribution >= 0.6 is 0 Å². The van der Waals surface area contributed by atoms with E-state index < -0.39 is 0 Å². The van der Waals surface area contributed by atoms with E-state index in [4.69, 9.17) is 11.5 Å². The monoisotopic (exact) mass is 221 g/mol. The largest absolute Gasteiger partial charge is 0.397 e. The third kappa shape index (κ3) is 3.65. The molecule has 0 aliphatic rings. The molecule has 0 fully saturated rings. The van der Waals surface area contributed by atoms with Crippen LogP contribution < -0.4 is 16.8 Å².